The van der Waals surface area contributed by atoms with Crippen LogP contribution < -0.4 is 20.1 Å². The number of aliphatic imine (C=N–C) groups is 1. The Balaban J connectivity index is 1.93. The Morgan fingerprint density at radius 3 is 2.68 bits per heavy atom. The summed E-state index contributed by atoms with van der Waals surface area (Å²) in [6.45, 7) is 4.12. The number of nitrogens with one attached hydrogen (secondary N) is 2. The SMILES string of the molecule is CCOC(=O)C1=C(C)NC(NC#N)=N[C@H]1c1ccc(OCc2ccccc2)c(OC)c1. The van der Waals surface area contributed by atoms with Crippen LogP contribution in [0.4, 0.5) is 0 Å². The van der Waals surface area contributed by atoms with E-state index in [2.05, 4.69) is 15.6 Å². The molecule has 0 unspecified atom stereocenters. The van der Waals surface area contributed by atoms with Crippen molar-refractivity contribution in [3.05, 3.63) is 70.9 Å². The lowest BCUT2D eigenvalue weighted by atomic mass is 9.96. The van der Waals surface area contributed by atoms with Gasteiger partial charge < -0.3 is 19.5 Å². The van der Waals surface area contributed by atoms with Crippen molar-refractivity contribution in [1.29, 1.82) is 5.26 Å². The zero-order valence-electron chi connectivity index (χ0n) is 17.6. The molecule has 0 spiro atoms. The van der Waals surface area contributed by atoms with E-state index in [9.17, 15) is 4.79 Å². The molecule has 160 valence electrons. The maximum atomic E-state index is 12.6. The van der Waals surface area contributed by atoms with Gasteiger partial charge in [-0.25, -0.2) is 9.79 Å². The van der Waals surface area contributed by atoms with E-state index in [0.717, 1.165) is 5.56 Å². The maximum Gasteiger partial charge on any atom is 0.338 e. The number of allylic oxidation sites excluding steroid dienone is 1. The van der Waals surface area contributed by atoms with Crippen molar-refractivity contribution in [3.8, 4) is 17.7 Å². The Bertz CT molecular complexity index is 1040. The summed E-state index contributed by atoms with van der Waals surface area (Å²) in [6, 6.07) is 14.5. The van der Waals surface area contributed by atoms with Crippen molar-refractivity contribution >= 4 is 11.9 Å². The monoisotopic (exact) mass is 420 g/mol. The second-order valence-electron chi connectivity index (χ2n) is 6.69. The standard InChI is InChI=1S/C23H24N4O4/c1-4-30-22(28)20-15(2)26-23(25-14-24)27-21(20)17-10-11-18(19(12-17)29-3)31-13-16-8-6-5-7-9-16/h5-12,21H,4,13H2,1-3H3,(H2,25,26,27)/t21-/m0/s1. The normalized spacial score (nSPS) is 15.3. The highest BCUT2D eigenvalue weighted by Crippen LogP contribution is 2.36. The molecule has 8 heteroatoms. The molecule has 3 rings (SSSR count). The van der Waals surface area contributed by atoms with Gasteiger partial charge in [0.15, 0.2) is 17.7 Å². The van der Waals surface area contributed by atoms with Crippen molar-refractivity contribution in [2.24, 2.45) is 4.99 Å². The molecule has 1 aliphatic rings. The van der Waals surface area contributed by atoms with Gasteiger partial charge in [-0.1, -0.05) is 36.4 Å². The molecule has 1 heterocycles. The molecule has 0 bridgehead atoms. The lowest BCUT2D eigenvalue weighted by Crippen LogP contribution is -2.39. The number of carbonyl (C=O) groups excluding carboxylic acids is 1. The Labute approximate surface area is 181 Å². The van der Waals surface area contributed by atoms with Gasteiger partial charge >= 0.3 is 5.97 Å². The summed E-state index contributed by atoms with van der Waals surface area (Å²) in [6.07, 6.45) is 1.84. The van der Waals surface area contributed by atoms with Gasteiger partial charge in [0.05, 0.1) is 19.3 Å². The first-order valence-corrected chi connectivity index (χ1v) is 9.79. The summed E-state index contributed by atoms with van der Waals surface area (Å²) in [5.74, 6) is 0.863. The average molecular weight is 420 g/mol. The lowest BCUT2D eigenvalue weighted by molar-refractivity contribution is -0.138. The molecule has 31 heavy (non-hydrogen) atoms. The fourth-order valence-corrected chi connectivity index (χ4v) is 3.22. The largest absolute Gasteiger partial charge is 0.493 e. The van der Waals surface area contributed by atoms with E-state index in [1.54, 1.807) is 33.1 Å². The number of esters is 1. The molecule has 0 saturated carbocycles. The number of guanidine groups is 1. The van der Waals surface area contributed by atoms with Gasteiger partial charge in [0.25, 0.3) is 0 Å². The van der Waals surface area contributed by atoms with Gasteiger partial charge in [-0.05, 0) is 37.1 Å². The smallest absolute Gasteiger partial charge is 0.338 e. The van der Waals surface area contributed by atoms with Gasteiger partial charge in [-0.3, -0.25) is 5.32 Å². The van der Waals surface area contributed by atoms with Crippen LogP contribution in [-0.4, -0.2) is 25.6 Å². The first-order chi connectivity index (χ1) is 15.1. The molecule has 0 aromatic heterocycles. The number of carbonyl (C=O) groups is 1. The minimum absolute atomic E-state index is 0.241. The number of nitriles is 1. The molecule has 0 saturated heterocycles. The quantitative estimate of drug-likeness (QED) is 0.403. The Morgan fingerprint density at radius 1 is 1.23 bits per heavy atom. The highest BCUT2D eigenvalue weighted by Gasteiger charge is 2.31. The number of rotatable bonds is 7. The van der Waals surface area contributed by atoms with Crippen molar-refractivity contribution in [3.63, 3.8) is 0 Å². The second kappa shape index (κ2) is 10.2. The minimum Gasteiger partial charge on any atom is -0.493 e. The van der Waals surface area contributed by atoms with Crippen LogP contribution in [0.5, 0.6) is 11.5 Å². The van der Waals surface area contributed by atoms with Crippen molar-refractivity contribution in [2.75, 3.05) is 13.7 Å². The number of ether oxygens (including phenoxy) is 3. The highest BCUT2D eigenvalue weighted by atomic mass is 16.5. The second-order valence-corrected chi connectivity index (χ2v) is 6.69. The first-order valence-electron chi connectivity index (χ1n) is 9.79. The third-order valence-corrected chi connectivity index (χ3v) is 4.65. The number of methoxy groups -OCH3 is 1. The van der Waals surface area contributed by atoms with Crippen molar-refractivity contribution in [1.82, 2.24) is 10.6 Å². The molecule has 2 aromatic carbocycles. The number of benzene rings is 2. The molecular formula is C23H24N4O4. The third kappa shape index (κ3) is 5.14. The predicted molar refractivity (Wildman–Crippen MR) is 115 cm³/mol. The van der Waals surface area contributed by atoms with Crippen LogP contribution in [0.15, 0.2) is 64.8 Å². The molecular weight excluding hydrogens is 396 g/mol. The third-order valence-electron chi connectivity index (χ3n) is 4.65. The molecule has 0 amide bonds. The zero-order valence-corrected chi connectivity index (χ0v) is 17.6. The van der Waals surface area contributed by atoms with Crippen LogP contribution in [0.3, 0.4) is 0 Å². The highest BCUT2D eigenvalue weighted by molar-refractivity contribution is 5.95. The van der Waals surface area contributed by atoms with Crippen molar-refractivity contribution in [2.45, 2.75) is 26.5 Å². The van der Waals surface area contributed by atoms with Crippen LogP contribution in [0, 0.1) is 11.5 Å². The average Bonchev–Trinajstić information content (AvgIpc) is 2.78. The van der Waals surface area contributed by atoms with E-state index in [0.29, 0.717) is 34.9 Å². The van der Waals surface area contributed by atoms with Gasteiger partial charge in [0, 0.05) is 5.70 Å². The Kier molecular flexibility index (Phi) is 7.12. The fraction of sp³-hybridized carbons (Fsp3) is 0.261. The molecule has 8 nitrogen and oxygen atoms in total. The summed E-state index contributed by atoms with van der Waals surface area (Å²) in [7, 11) is 1.55. The summed E-state index contributed by atoms with van der Waals surface area (Å²) in [5.41, 5.74) is 2.65. The topological polar surface area (TPSA) is 105 Å². The number of nitrogens with zero attached hydrogens (tertiary/aromatic N) is 2. The summed E-state index contributed by atoms with van der Waals surface area (Å²) in [5, 5.41) is 14.4. The van der Waals surface area contributed by atoms with E-state index in [4.69, 9.17) is 19.5 Å². The molecule has 0 fully saturated rings. The summed E-state index contributed by atoms with van der Waals surface area (Å²) >= 11 is 0. The molecule has 0 radical (unpaired) electrons. The summed E-state index contributed by atoms with van der Waals surface area (Å²) in [4.78, 5) is 17.1. The maximum absolute atomic E-state index is 12.6. The lowest BCUT2D eigenvalue weighted by Gasteiger charge is -2.25. The van der Waals surface area contributed by atoms with E-state index in [-0.39, 0.29) is 12.6 Å². The van der Waals surface area contributed by atoms with Crippen LogP contribution in [-0.2, 0) is 16.1 Å². The van der Waals surface area contributed by atoms with E-state index >= 15 is 0 Å². The van der Waals surface area contributed by atoms with Gasteiger partial charge in [-0.15, -0.1) is 0 Å². The molecule has 0 aliphatic carbocycles. The van der Waals surface area contributed by atoms with E-state index in [1.165, 1.54) is 0 Å². The van der Waals surface area contributed by atoms with Crippen LogP contribution >= 0.6 is 0 Å². The molecule has 1 aliphatic heterocycles. The van der Waals surface area contributed by atoms with Crippen LogP contribution in [0.1, 0.15) is 31.0 Å². The minimum atomic E-state index is -0.673. The van der Waals surface area contributed by atoms with Crippen LogP contribution in [0.2, 0.25) is 0 Å². The van der Waals surface area contributed by atoms with Crippen molar-refractivity contribution < 1.29 is 19.0 Å². The van der Waals surface area contributed by atoms with Gasteiger partial charge in [-0.2, -0.15) is 5.26 Å². The van der Waals surface area contributed by atoms with Gasteiger partial charge in [0.2, 0.25) is 5.96 Å². The zero-order chi connectivity index (χ0) is 22.2. The van der Waals surface area contributed by atoms with E-state index in [1.807, 2.05) is 42.6 Å². The van der Waals surface area contributed by atoms with Crippen LogP contribution in [0.25, 0.3) is 0 Å². The molecule has 2 N–H and O–H groups in total. The summed E-state index contributed by atoms with van der Waals surface area (Å²) < 4.78 is 16.7. The molecule has 1 atom stereocenters. The Hall–Kier alpha value is -3.99. The Morgan fingerprint density at radius 2 is 2.00 bits per heavy atom. The van der Waals surface area contributed by atoms with E-state index < -0.39 is 12.0 Å². The van der Waals surface area contributed by atoms with Gasteiger partial charge in [0.1, 0.15) is 12.6 Å². The number of hydrogen-bond acceptors (Lipinski definition) is 8. The molecule has 2 aromatic rings. The number of hydrogen-bond donors (Lipinski definition) is 2. The fourth-order valence-electron chi connectivity index (χ4n) is 3.22. The predicted octanol–water partition coefficient (Wildman–Crippen LogP) is 3.18. The first kappa shape index (κ1) is 21.7.